The number of aliphatic hydroxyl groups excluding tert-OH is 16. The van der Waals surface area contributed by atoms with E-state index in [1.165, 1.54) is 6.92 Å². The first-order valence-electron chi connectivity index (χ1n) is 28.1. The van der Waals surface area contributed by atoms with Gasteiger partial charge in [0.25, 0.3) is 0 Å². The van der Waals surface area contributed by atoms with E-state index in [4.69, 9.17) is 37.9 Å². The molecule has 16 N–H and O–H groups in total. The van der Waals surface area contributed by atoms with Crippen molar-refractivity contribution in [3.8, 4) is 0 Å². The van der Waals surface area contributed by atoms with E-state index in [2.05, 4.69) is 33.8 Å². The molecule has 0 radical (unpaired) electrons. The molecule has 0 amide bonds. The predicted octanol–water partition coefficient (Wildman–Crippen LogP) is -3.62. The Balaban J connectivity index is 0.987. The number of ether oxygens (including phenoxy) is 8. The van der Waals surface area contributed by atoms with E-state index < -0.39 is 201 Å². The second kappa shape index (κ2) is 22.3. The van der Waals surface area contributed by atoms with Crippen molar-refractivity contribution in [3.05, 3.63) is 11.6 Å². The summed E-state index contributed by atoms with van der Waals surface area (Å²) in [5.41, 5.74) is -3.40. The maximum atomic E-state index is 13.0. The molecule has 0 bridgehead atoms. The van der Waals surface area contributed by atoms with Crippen molar-refractivity contribution in [1.29, 1.82) is 0 Å². The zero-order valence-electron chi connectivity index (χ0n) is 45.7. The van der Waals surface area contributed by atoms with E-state index in [-0.39, 0.29) is 30.3 Å². The van der Waals surface area contributed by atoms with Gasteiger partial charge in [0.15, 0.2) is 25.2 Å². The molecule has 24 nitrogen and oxygen atoms in total. The molecule has 0 spiro atoms. The van der Waals surface area contributed by atoms with Crippen LogP contribution in [0, 0.1) is 50.2 Å². The molecule has 0 aromatic rings. The first-order chi connectivity index (χ1) is 36.5. The van der Waals surface area contributed by atoms with Crippen LogP contribution in [0.4, 0.5) is 0 Å². The smallest absolute Gasteiger partial charge is 0.187 e. The zero-order chi connectivity index (χ0) is 57.1. The lowest BCUT2D eigenvalue weighted by molar-refractivity contribution is -0.373. The molecule has 0 aromatic carbocycles. The van der Waals surface area contributed by atoms with Gasteiger partial charge in [0, 0.05) is 0 Å². The fraction of sp³-hybridized carbons (Fsp3) is 0.963. The van der Waals surface area contributed by atoms with Gasteiger partial charge < -0.3 is 120 Å². The van der Waals surface area contributed by atoms with Crippen molar-refractivity contribution in [3.63, 3.8) is 0 Å². The Morgan fingerprint density at radius 2 is 1.03 bits per heavy atom. The van der Waals surface area contributed by atoms with E-state index in [0.29, 0.717) is 12.8 Å². The Hall–Kier alpha value is -1.22. The van der Waals surface area contributed by atoms with Gasteiger partial charge in [0.05, 0.1) is 62.9 Å². The summed E-state index contributed by atoms with van der Waals surface area (Å²) in [6.07, 6.45) is -28.8. The van der Waals surface area contributed by atoms with E-state index in [1.807, 2.05) is 13.8 Å². The monoisotopic (exact) mass is 1120 g/mol. The normalized spacial score (nSPS) is 56.2. The third kappa shape index (κ3) is 9.71. The molecular formula is C54H90O24. The number of hydrogen-bond acceptors (Lipinski definition) is 24. The van der Waals surface area contributed by atoms with Crippen molar-refractivity contribution < 1.29 is 120 Å². The third-order valence-electron chi connectivity index (χ3n) is 21.7. The van der Waals surface area contributed by atoms with Gasteiger partial charge in [-0.25, -0.2) is 0 Å². The molecule has 4 saturated heterocycles. The molecule has 5 aliphatic carbocycles. The molecule has 0 unspecified atom stereocenters. The minimum atomic E-state index is -1.91. The fourth-order valence-electron chi connectivity index (χ4n) is 16.7. The number of aliphatic hydroxyl groups is 16. The highest BCUT2D eigenvalue weighted by Gasteiger charge is 2.73. The largest absolute Gasteiger partial charge is 0.394 e. The van der Waals surface area contributed by atoms with E-state index >= 15 is 0 Å². The van der Waals surface area contributed by atoms with Crippen LogP contribution < -0.4 is 0 Å². The number of allylic oxidation sites excluding steroid dienone is 2. The average molecular weight is 1120 g/mol. The molecule has 4 saturated carbocycles. The van der Waals surface area contributed by atoms with Crippen molar-refractivity contribution in [2.45, 2.75) is 241 Å². The SMILES string of the molecule is C[C@@H]1O[C@@H](O[C@H]2[C@H](OC[C@@]3(C)CCC[C@]4(C)[C@H]5CC=C6[C@@H]7CC(C)(C)[C@@H](O)[C@H](O)[C@]7(CO[C@@H]7O[C@H](CO)[C@@H](O)[C@H](O)[C@H]7O[C@@H]7O[C@H](CO)[C@@H](O)[C@H](O)[C@H]7O)[C@H](O)C[C@@]6(C)[C@]5(C)CC[C@@H]34)O[C@H](CO)[C@@H](O)[C@@H]2O)[C@H](O)[C@H](O)[C@H]1O. The first-order valence-corrected chi connectivity index (χ1v) is 28.1. The highest BCUT2D eigenvalue weighted by Crippen LogP contribution is 2.76. The lowest BCUT2D eigenvalue weighted by Crippen LogP contribution is -2.72. The Bertz CT molecular complexity index is 2110. The minimum absolute atomic E-state index is 0.0611. The number of rotatable bonds is 13. The van der Waals surface area contributed by atoms with Gasteiger partial charge in [0.2, 0.25) is 0 Å². The summed E-state index contributed by atoms with van der Waals surface area (Å²) >= 11 is 0. The Morgan fingerprint density at radius 1 is 0.526 bits per heavy atom. The maximum absolute atomic E-state index is 13.0. The molecule has 31 atom stereocenters. The second-order valence-electron chi connectivity index (χ2n) is 26.4. The maximum Gasteiger partial charge on any atom is 0.187 e. The standard InChI is InChI=1S/C54H90O24/c1-22-31(59)35(63)39(67)45(73-22)77-41-37(65)33(61)26(18-56)75-47(41)71-20-50(4)12-8-13-51(5)28(50)11-14-52(6)29(51)10-9-23-24-15-49(2,3)43(69)44(70)54(24,30(58)16-53(23,52)7)21-72-48-42(38(66)34(62)27(19-57)76-48)78-46-40(68)36(64)32(60)25(17-55)74-46/h9,22,24-48,55-70H,8,10-21H2,1-7H3/t22-,24-,25+,26+,27+,28-,29+,30+,31-,32+,33+,34+,35+,36-,37-,38-,39+,40+,41+,42+,43-,44-,45-,46-,47+,48+,50+,51-,52+,53+,54-/m0/s1. The van der Waals surface area contributed by atoms with Crippen LogP contribution in [0.15, 0.2) is 11.6 Å². The Kier molecular flexibility index (Phi) is 17.6. The van der Waals surface area contributed by atoms with Gasteiger partial charge >= 0.3 is 0 Å². The summed E-state index contributed by atoms with van der Waals surface area (Å²) in [6, 6.07) is 0. The van der Waals surface area contributed by atoms with Crippen LogP contribution in [0.25, 0.3) is 0 Å². The number of hydrogen-bond donors (Lipinski definition) is 16. The van der Waals surface area contributed by atoms with Crippen molar-refractivity contribution in [2.24, 2.45) is 50.2 Å². The molecule has 9 rings (SSSR count). The van der Waals surface area contributed by atoms with Crippen LogP contribution in [0.2, 0.25) is 0 Å². The molecule has 78 heavy (non-hydrogen) atoms. The highest BCUT2D eigenvalue weighted by atomic mass is 16.8. The average Bonchev–Trinajstić information content (AvgIpc) is 3.38. The molecule has 4 heterocycles. The van der Waals surface area contributed by atoms with E-state index in [1.54, 1.807) is 0 Å². The summed E-state index contributed by atoms with van der Waals surface area (Å²) in [5.74, 6) is -0.476. The zero-order valence-corrected chi connectivity index (χ0v) is 45.7. The van der Waals surface area contributed by atoms with E-state index in [0.717, 1.165) is 37.7 Å². The minimum Gasteiger partial charge on any atom is -0.394 e. The first kappa shape index (κ1) is 61.3. The second-order valence-corrected chi connectivity index (χ2v) is 26.4. The topological polar surface area (TPSA) is 398 Å². The van der Waals surface area contributed by atoms with Gasteiger partial charge in [-0.15, -0.1) is 0 Å². The molecule has 9 aliphatic rings. The molecule has 8 fully saturated rings. The number of fused-ring (bicyclic) bond motifs is 7. The van der Waals surface area contributed by atoms with Gasteiger partial charge in [-0.05, 0) is 96.7 Å². The fourth-order valence-corrected chi connectivity index (χ4v) is 16.7. The van der Waals surface area contributed by atoms with Crippen LogP contribution in [0.3, 0.4) is 0 Å². The van der Waals surface area contributed by atoms with Crippen molar-refractivity contribution in [2.75, 3.05) is 33.0 Å². The van der Waals surface area contributed by atoms with Gasteiger partial charge in [-0.1, -0.05) is 59.6 Å². The summed E-state index contributed by atoms with van der Waals surface area (Å²) in [5, 5.41) is 176. The molecule has 4 aliphatic heterocycles. The Labute approximate surface area is 454 Å². The van der Waals surface area contributed by atoms with Crippen LogP contribution in [0.1, 0.15) is 99.8 Å². The lowest BCUT2D eigenvalue weighted by Gasteiger charge is -2.72. The van der Waals surface area contributed by atoms with Crippen LogP contribution >= 0.6 is 0 Å². The summed E-state index contributed by atoms with van der Waals surface area (Å²) in [7, 11) is 0. The highest BCUT2D eigenvalue weighted by molar-refractivity contribution is 5.36. The lowest BCUT2D eigenvalue weighted by atomic mass is 9.33. The van der Waals surface area contributed by atoms with Gasteiger partial charge in [-0.2, -0.15) is 0 Å². The summed E-state index contributed by atoms with van der Waals surface area (Å²) in [6.45, 7) is 11.6. The van der Waals surface area contributed by atoms with Gasteiger partial charge in [0.1, 0.15) is 91.6 Å². The molecule has 450 valence electrons. The van der Waals surface area contributed by atoms with Gasteiger partial charge in [-0.3, -0.25) is 0 Å². The van der Waals surface area contributed by atoms with Crippen LogP contribution in [-0.4, -0.2) is 256 Å². The van der Waals surface area contributed by atoms with E-state index in [9.17, 15) is 81.7 Å². The molecule has 24 heteroatoms. The quantitative estimate of drug-likeness (QED) is 0.0792. The predicted molar refractivity (Wildman–Crippen MR) is 265 cm³/mol. The van der Waals surface area contributed by atoms with Crippen LogP contribution in [0.5, 0.6) is 0 Å². The van der Waals surface area contributed by atoms with Crippen LogP contribution in [-0.2, 0) is 37.9 Å². The summed E-state index contributed by atoms with van der Waals surface area (Å²) < 4.78 is 48.4. The summed E-state index contributed by atoms with van der Waals surface area (Å²) in [4.78, 5) is 0. The Morgan fingerprint density at radius 3 is 1.58 bits per heavy atom. The third-order valence-corrected chi connectivity index (χ3v) is 21.7. The molecule has 0 aromatic heterocycles. The van der Waals surface area contributed by atoms with Crippen molar-refractivity contribution >= 4 is 0 Å². The van der Waals surface area contributed by atoms with Crippen molar-refractivity contribution in [1.82, 2.24) is 0 Å². The molecular weight excluding hydrogens is 1030 g/mol.